The number of rotatable bonds is 5. The second-order valence-electron chi connectivity index (χ2n) is 4.50. The van der Waals surface area contributed by atoms with E-state index in [4.69, 9.17) is 9.47 Å². The Morgan fingerprint density at radius 2 is 1.85 bits per heavy atom. The summed E-state index contributed by atoms with van der Waals surface area (Å²) in [5, 5.41) is 3.39. The quantitative estimate of drug-likeness (QED) is 0.879. The van der Waals surface area contributed by atoms with E-state index >= 15 is 0 Å². The average molecular weight is 336 g/mol. The van der Waals surface area contributed by atoms with E-state index in [1.54, 1.807) is 14.2 Å². The molecule has 0 aliphatic rings. The molecule has 0 saturated heterocycles. The summed E-state index contributed by atoms with van der Waals surface area (Å²) < 4.78 is 11.7. The Morgan fingerprint density at radius 3 is 2.50 bits per heavy atom. The van der Waals surface area contributed by atoms with Crippen LogP contribution in [0.1, 0.15) is 11.1 Å². The number of hydrogen-bond acceptors (Lipinski definition) is 3. The van der Waals surface area contributed by atoms with Gasteiger partial charge in [-0.2, -0.15) is 0 Å². The molecule has 0 aliphatic heterocycles. The average Bonchev–Trinajstić information content (AvgIpc) is 2.48. The van der Waals surface area contributed by atoms with Gasteiger partial charge < -0.3 is 14.8 Å². The van der Waals surface area contributed by atoms with Crippen LogP contribution in [0, 0.1) is 6.92 Å². The molecule has 20 heavy (non-hydrogen) atoms. The van der Waals surface area contributed by atoms with Gasteiger partial charge in [0.05, 0.1) is 14.2 Å². The van der Waals surface area contributed by atoms with Gasteiger partial charge in [-0.25, -0.2) is 0 Å². The predicted octanol–water partition coefficient (Wildman–Crippen LogP) is 4.39. The van der Waals surface area contributed by atoms with Crippen LogP contribution in [-0.2, 0) is 6.54 Å². The summed E-state index contributed by atoms with van der Waals surface area (Å²) in [4.78, 5) is 0. The number of benzene rings is 2. The fraction of sp³-hybridized carbons (Fsp3) is 0.250. The lowest BCUT2D eigenvalue weighted by atomic mass is 10.1. The lowest BCUT2D eigenvalue weighted by Crippen LogP contribution is -2.02. The highest BCUT2D eigenvalue weighted by Gasteiger charge is 2.05. The van der Waals surface area contributed by atoms with Gasteiger partial charge in [0.25, 0.3) is 0 Å². The molecule has 0 aromatic heterocycles. The van der Waals surface area contributed by atoms with Crippen molar-refractivity contribution in [2.45, 2.75) is 13.5 Å². The molecule has 0 aliphatic carbocycles. The Hall–Kier alpha value is -1.68. The van der Waals surface area contributed by atoms with Crippen LogP contribution in [-0.4, -0.2) is 14.2 Å². The molecule has 0 radical (unpaired) electrons. The molecule has 2 aromatic carbocycles. The molecule has 0 unspecified atom stereocenters. The molecule has 0 heterocycles. The number of aryl methyl sites for hydroxylation is 1. The molecular formula is C16H18BrNO2. The minimum absolute atomic E-state index is 0.676. The summed E-state index contributed by atoms with van der Waals surface area (Å²) in [6.07, 6.45) is 0. The third-order valence-corrected chi connectivity index (χ3v) is 4.00. The van der Waals surface area contributed by atoms with Crippen molar-refractivity contribution in [2.24, 2.45) is 0 Å². The fourth-order valence-electron chi connectivity index (χ4n) is 1.92. The number of halogens is 1. The molecule has 0 bridgehead atoms. The monoisotopic (exact) mass is 335 g/mol. The normalized spacial score (nSPS) is 10.2. The maximum Gasteiger partial charge on any atom is 0.124 e. The van der Waals surface area contributed by atoms with Gasteiger partial charge in [0.1, 0.15) is 11.5 Å². The molecule has 4 heteroatoms. The Kier molecular flexibility index (Phi) is 4.90. The highest BCUT2D eigenvalue weighted by Crippen LogP contribution is 2.26. The molecule has 0 fully saturated rings. The Bertz CT molecular complexity index is 599. The first kappa shape index (κ1) is 14.7. The SMILES string of the molecule is COc1ccc(OC)c(CNc2ccc(C)c(Br)c2)c1. The van der Waals surface area contributed by atoms with E-state index in [2.05, 4.69) is 46.4 Å². The number of hydrogen-bond donors (Lipinski definition) is 1. The molecule has 2 rings (SSSR count). The van der Waals surface area contributed by atoms with Crippen molar-refractivity contribution in [1.82, 2.24) is 0 Å². The van der Waals surface area contributed by atoms with Crippen LogP contribution in [0.5, 0.6) is 11.5 Å². The van der Waals surface area contributed by atoms with E-state index in [-0.39, 0.29) is 0 Å². The number of nitrogens with one attached hydrogen (secondary N) is 1. The zero-order valence-electron chi connectivity index (χ0n) is 11.9. The molecule has 2 aromatic rings. The smallest absolute Gasteiger partial charge is 0.124 e. The second-order valence-corrected chi connectivity index (χ2v) is 5.35. The standard InChI is InChI=1S/C16H18BrNO2/c1-11-4-5-13(9-15(11)17)18-10-12-8-14(19-2)6-7-16(12)20-3/h4-9,18H,10H2,1-3H3. The summed E-state index contributed by atoms with van der Waals surface area (Å²) in [6.45, 7) is 2.74. The molecule has 0 spiro atoms. The van der Waals surface area contributed by atoms with Gasteiger partial charge in [0.15, 0.2) is 0 Å². The van der Waals surface area contributed by atoms with Crippen molar-refractivity contribution < 1.29 is 9.47 Å². The lowest BCUT2D eigenvalue weighted by Gasteiger charge is -2.12. The van der Waals surface area contributed by atoms with E-state index in [9.17, 15) is 0 Å². The van der Waals surface area contributed by atoms with Gasteiger partial charge in [-0.1, -0.05) is 22.0 Å². The van der Waals surface area contributed by atoms with Gasteiger partial charge in [0.2, 0.25) is 0 Å². The first-order chi connectivity index (χ1) is 9.63. The highest BCUT2D eigenvalue weighted by molar-refractivity contribution is 9.10. The Morgan fingerprint density at radius 1 is 1.05 bits per heavy atom. The molecule has 106 valence electrons. The summed E-state index contributed by atoms with van der Waals surface area (Å²) in [5.41, 5.74) is 3.34. The van der Waals surface area contributed by atoms with Crippen LogP contribution >= 0.6 is 15.9 Å². The zero-order valence-corrected chi connectivity index (χ0v) is 13.5. The van der Waals surface area contributed by atoms with Gasteiger partial charge in [-0.15, -0.1) is 0 Å². The van der Waals surface area contributed by atoms with Crippen molar-refractivity contribution in [3.05, 3.63) is 52.0 Å². The molecule has 3 nitrogen and oxygen atoms in total. The zero-order chi connectivity index (χ0) is 14.5. The topological polar surface area (TPSA) is 30.5 Å². The van der Waals surface area contributed by atoms with Crippen LogP contribution in [0.4, 0.5) is 5.69 Å². The van der Waals surface area contributed by atoms with Crippen LogP contribution in [0.25, 0.3) is 0 Å². The minimum atomic E-state index is 0.676. The third kappa shape index (κ3) is 3.45. The third-order valence-electron chi connectivity index (χ3n) is 3.14. The van der Waals surface area contributed by atoms with Crippen LogP contribution < -0.4 is 14.8 Å². The summed E-state index contributed by atoms with van der Waals surface area (Å²) >= 11 is 3.54. The maximum absolute atomic E-state index is 5.37. The summed E-state index contributed by atoms with van der Waals surface area (Å²) in [5.74, 6) is 1.68. The first-order valence-corrected chi connectivity index (χ1v) is 7.14. The second kappa shape index (κ2) is 6.66. The molecule has 1 N–H and O–H groups in total. The van der Waals surface area contributed by atoms with Crippen LogP contribution in [0.15, 0.2) is 40.9 Å². The van der Waals surface area contributed by atoms with Crippen molar-refractivity contribution in [1.29, 1.82) is 0 Å². The number of ether oxygens (including phenoxy) is 2. The van der Waals surface area contributed by atoms with Crippen molar-refractivity contribution in [3.63, 3.8) is 0 Å². The van der Waals surface area contributed by atoms with E-state index in [0.29, 0.717) is 6.54 Å². The largest absolute Gasteiger partial charge is 0.497 e. The van der Waals surface area contributed by atoms with E-state index in [1.165, 1.54) is 5.56 Å². The predicted molar refractivity (Wildman–Crippen MR) is 85.8 cm³/mol. The first-order valence-electron chi connectivity index (χ1n) is 6.35. The van der Waals surface area contributed by atoms with Crippen LogP contribution in [0.3, 0.4) is 0 Å². The van der Waals surface area contributed by atoms with E-state index in [1.807, 2.05) is 18.2 Å². The number of anilines is 1. The van der Waals surface area contributed by atoms with Gasteiger partial charge in [-0.3, -0.25) is 0 Å². The molecule has 0 atom stereocenters. The summed E-state index contributed by atoms with van der Waals surface area (Å²) in [7, 11) is 3.34. The van der Waals surface area contributed by atoms with Crippen molar-refractivity contribution in [2.75, 3.05) is 19.5 Å². The Labute approximate surface area is 128 Å². The maximum atomic E-state index is 5.37. The summed E-state index contributed by atoms with van der Waals surface area (Å²) in [6, 6.07) is 12.0. The fourth-order valence-corrected chi connectivity index (χ4v) is 2.30. The van der Waals surface area contributed by atoms with E-state index < -0.39 is 0 Å². The van der Waals surface area contributed by atoms with Crippen LogP contribution in [0.2, 0.25) is 0 Å². The molecule has 0 amide bonds. The highest BCUT2D eigenvalue weighted by atomic mass is 79.9. The van der Waals surface area contributed by atoms with Gasteiger partial charge >= 0.3 is 0 Å². The van der Waals surface area contributed by atoms with E-state index in [0.717, 1.165) is 27.2 Å². The van der Waals surface area contributed by atoms with Gasteiger partial charge in [-0.05, 0) is 42.8 Å². The Balaban J connectivity index is 2.15. The van der Waals surface area contributed by atoms with Crippen molar-refractivity contribution >= 4 is 21.6 Å². The van der Waals surface area contributed by atoms with Crippen molar-refractivity contribution in [3.8, 4) is 11.5 Å². The van der Waals surface area contributed by atoms with Gasteiger partial charge in [0, 0.05) is 22.3 Å². The molecular weight excluding hydrogens is 318 g/mol. The molecule has 0 saturated carbocycles. The minimum Gasteiger partial charge on any atom is -0.497 e. The lowest BCUT2D eigenvalue weighted by molar-refractivity contribution is 0.399. The number of methoxy groups -OCH3 is 2.